The highest BCUT2D eigenvalue weighted by atomic mass is 19.4. The molecule has 0 aromatic carbocycles. The molecule has 2 aliphatic rings. The van der Waals surface area contributed by atoms with Crippen molar-refractivity contribution in [2.75, 3.05) is 0 Å². The fourth-order valence-electron chi connectivity index (χ4n) is 4.53. The van der Waals surface area contributed by atoms with Gasteiger partial charge in [0.2, 0.25) is 0 Å². The monoisotopic (exact) mass is 436 g/mol. The second-order valence-electron chi connectivity index (χ2n) is 8.17. The van der Waals surface area contributed by atoms with Crippen molar-refractivity contribution in [2.45, 2.75) is 95.4 Å². The number of hydrogen-bond donors (Lipinski definition) is 0. The number of carbonyl (C=O) groups is 1. The van der Waals surface area contributed by atoms with Crippen LogP contribution >= 0.6 is 0 Å². The first kappa shape index (κ1) is 24.1. The van der Waals surface area contributed by atoms with E-state index in [4.69, 9.17) is 0 Å². The first-order chi connectivity index (χ1) is 13.4. The molecule has 0 saturated heterocycles. The Balaban J connectivity index is 1.77. The lowest BCUT2D eigenvalue weighted by Gasteiger charge is -2.37. The second kappa shape index (κ2) is 9.29. The van der Waals surface area contributed by atoms with Gasteiger partial charge in [-0.2, -0.15) is 30.7 Å². The fraction of sp³-hybridized carbons (Fsp3) is 0.947. The Bertz CT molecular complexity index is 534. The van der Waals surface area contributed by atoms with E-state index in [1.54, 1.807) is 0 Å². The van der Waals surface area contributed by atoms with Gasteiger partial charge in [-0.1, -0.05) is 32.6 Å². The van der Waals surface area contributed by atoms with Gasteiger partial charge in [-0.05, 0) is 56.3 Å². The highest BCUT2D eigenvalue weighted by Gasteiger charge is 2.76. The molecule has 2 saturated carbocycles. The molecule has 2 fully saturated rings. The molecule has 29 heavy (non-hydrogen) atoms. The van der Waals surface area contributed by atoms with Gasteiger partial charge in [-0.15, -0.1) is 0 Å². The van der Waals surface area contributed by atoms with Crippen LogP contribution in [0.4, 0.5) is 35.5 Å². The Morgan fingerprint density at radius 3 is 1.76 bits per heavy atom. The molecule has 10 heteroatoms. The Hall–Kier alpha value is -1.22. The Morgan fingerprint density at radius 2 is 1.31 bits per heavy atom. The topological polar surface area (TPSA) is 35.5 Å². The van der Waals surface area contributed by atoms with E-state index in [1.165, 1.54) is 25.7 Å². The van der Waals surface area contributed by atoms with Gasteiger partial charge >= 0.3 is 24.4 Å². The van der Waals surface area contributed by atoms with E-state index < -0.39 is 30.5 Å². The molecule has 0 aromatic heterocycles. The second-order valence-corrected chi connectivity index (χ2v) is 8.17. The molecule has 0 N–H and O–H groups in total. The summed E-state index contributed by atoms with van der Waals surface area (Å²) < 4.78 is 95.6. The van der Waals surface area contributed by atoms with Crippen molar-refractivity contribution >= 4 is 6.16 Å². The van der Waals surface area contributed by atoms with Gasteiger partial charge in [0, 0.05) is 0 Å². The van der Waals surface area contributed by atoms with Crippen LogP contribution in [0.1, 0.15) is 71.1 Å². The molecule has 2 rings (SSSR count). The normalized spacial score (nSPS) is 29.4. The molecule has 0 aromatic rings. The van der Waals surface area contributed by atoms with Crippen molar-refractivity contribution in [3.8, 4) is 0 Å². The van der Waals surface area contributed by atoms with Gasteiger partial charge < -0.3 is 9.47 Å². The minimum absolute atomic E-state index is 0.343. The van der Waals surface area contributed by atoms with Crippen LogP contribution in [0.3, 0.4) is 0 Å². The van der Waals surface area contributed by atoms with E-state index in [0.717, 1.165) is 18.8 Å². The Morgan fingerprint density at radius 1 is 0.828 bits per heavy atom. The van der Waals surface area contributed by atoms with Crippen molar-refractivity contribution in [1.29, 1.82) is 0 Å². The third kappa shape index (κ3) is 5.90. The summed E-state index contributed by atoms with van der Waals surface area (Å²) in [6.07, 6.45) is -6.57. The molecule has 170 valence electrons. The number of carbonyl (C=O) groups excluding carboxylic acids is 1. The number of ether oxygens (including phenoxy) is 2. The van der Waals surface area contributed by atoms with Crippen molar-refractivity contribution < 1.29 is 45.0 Å². The van der Waals surface area contributed by atoms with Gasteiger partial charge in [0.15, 0.2) is 0 Å². The van der Waals surface area contributed by atoms with E-state index in [0.29, 0.717) is 37.5 Å². The molecule has 0 heterocycles. The lowest BCUT2D eigenvalue weighted by atomic mass is 9.70. The molecule has 0 unspecified atom stereocenters. The SMILES string of the molecule is CCCC1CCC(C2CCC(OC(=O)OC(F)(F)C(F)(F)C(F)(F)F)CC2)CC1. The van der Waals surface area contributed by atoms with Gasteiger partial charge in [0.25, 0.3) is 0 Å². The van der Waals surface area contributed by atoms with E-state index in [-0.39, 0.29) is 0 Å². The average molecular weight is 436 g/mol. The van der Waals surface area contributed by atoms with Crippen LogP contribution in [0, 0.1) is 17.8 Å². The van der Waals surface area contributed by atoms with Crippen molar-refractivity contribution in [1.82, 2.24) is 0 Å². The molecular formula is C19H27F7O3. The summed E-state index contributed by atoms with van der Waals surface area (Å²) in [5.41, 5.74) is 0. The predicted octanol–water partition coefficient (Wildman–Crippen LogP) is 7.10. The van der Waals surface area contributed by atoms with Gasteiger partial charge in [-0.3, -0.25) is 0 Å². The number of halogens is 7. The van der Waals surface area contributed by atoms with Crippen molar-refractivity contribution in [3.63, 3.8) is 0 Å². The van der Waals surface area contributed by atoms with E-state index in [9.17, 15) is 35.5 Å². The van der Waals surface area contributed by atoms with Crippen molar-refractivity contribution in [2.24, 2.45) is 17.8 Å². The standard InChI is InChI=1S/C19H27F7O3/c1-2-3-12-4-6-13(7-5-12)14-8-10-15(11-9-14)28-16(27)29-19(25,26)17(20,21)18(22,23)24/h12-15H,2-11H2,1H3. The zero-order chi connectivity index (χ0) is 21.9. The summed E-state index contributed by atoms with van der Waals surface area (Å²) in [7, 11) is 0. The predicted molar refractivity (Wildman–Crippen MR) is 89.6 cm³/mol. The van der Waals surface area contributed by atoms with Gasteiger partial charge in [-0.25, -0.2) is 4.79 Å². The highest BCUT2D eigenvalue weighted by molar-refractivity contribution is 5.60. The van der Waals surface area contributed by atoms with Crippen molar-refractivity contribution in [3.05, 3.63) is 0 Å². The number of alkyl halides is 7. The summed E-state index contributed by atoms with van der Waals surface area (Å²) in [6, 6.07) is 0. The highest BCUT2D eigenvalue weighted by Crippen LogP contribution is 2.47. The maximum absolute atomic E-state index is 13.1. The van der Waals surface area contributed by atoms with Crippen LogP contribution in [0.2, 0.25) is 0 Å². The summed E-state index contributed by atoms with van der Waals surface area (Å²) in [5, 5.41) is 0. The minimum atomic E-state index is -6.56. The molecule has 0 amide bonds. The average Bonchev–Trinajstić information content (AvgIpc) is 2.62. The fourth-order valence-corrected chi connectivity index (χ4v) is 4.53. The van der Waals surface area contributed by atoms with E-state index >= 15 is 0 Å². The third-order valence-electron chi connectivity index (χ3n) is 6.17. The maximum Gasteiger partial charge on any atom is 0.513 e. The van der Waals surface area contributed by atoms with Crippen LogP contribution in [0.25, 0.3) is 0 Å². The lowest BCUT2D eigenvalue weighted by Crippen LogP contribution is -2.54. The smallest absolute Gasteiger partial charge is 0.431 e. The van der Waals surface area contributed by atoms with Crippen LogP contribution in [0.5, 0.6) is 0 Å². The molecule has 0 atom stereocenters. The maximum atomic E-state index is 13.1. The Labute approximate surface area is 165 Å². The summed E-state index contributed by atoms with van der Waals surface area (Å²) >= 11 is 0. The molecule has 2 aliphatic carbocycles. The quantitative estimate of drug-likeness (QED) is 0.329. The summed E-state index contributed by atoms with van der Waals surface area (Å²) in [6.45, 7) is 2.17. The lowest BCUT2D eigenvalue weighted by molar-refractivity contribution is -0.412. The summed E-state index contributed by atoms with van der Waals surface area (Å²) in [5.74, 6) is -4.76. The minimum Gasteiger partial charge on any atom is -0.431 e. The number of rotatable bonds is 6. The largest absolute Gasteiger partial charge is 0.513 e. The van der Waals surface area contributed by atoms with E-state index in [1.807, 2.05) is 0 Å². The Kier molecular flexibility index (Phi) is 7.70. The molecule has 0 spiro atoms. The molecule has 0 bridgehead atoms. The van der Waals surface area contributed by atoms with Crippen LogP contribution in [0.15, 0.2) is 0 Å². The summed E-state index contributed by atoms with van der Waals surface area (Å²) in [4.78, 5) is 11.4. The molecule has 0 aliphatic heterocycles. The first-order valence-corrected chi connectivity index (χ1v) is 10.1. The molecular weight excluding hydrogens is 409 g/mol. The number of hydrogen-bond acceptors (Lipinski definition) is 3. The molecule has 3 nitrogen and oxygen atoms in total. The van der Waals surface area contributed by atoms with Crippen LogP contribution in [-0.4, -0.2) is 30.5 Å². The van der Waals surface area contributed by atoms with E-state index in [2.05, 4.69) is 16.4 Å². The zero-order valence-electron chi connectivity index (χ0n) is 16.3. The van der Waals surface area contributed by atoms with Gasteiger partial charge in [0.1, 0.15) is 6.10 Å². The first-order valence-electron chi connectivity index (χ1n) is 10.1. The van der Waals surface area contributed by atoms with Gasteiger partial charge in [0.05, 0.1) is 0 Å². The zero-order valence-corrected chi connectivity index (χ0v) is 16.3. The third-order valence-corrected chi connectivity index (χ3v) is 6.17. The van der Waals surface area contributed by atoms with Crippen LogP contribution in [-0.2, 0) is 9.47 Å². The molecule has 0 radical (unpaired) electrons. The van der Waals surface area contributed by atoms with Crippen LogP contribution < -0.4 is 0 Å².